The van der Waals surface area contributed by atoms with Crippen molar-refractivity contribution >= 4 is 5.91 Å². The molecule has 4 heteroatoms. The lowest BCUT2D eigenvalue weighted by Gasteiger charge is -2.32. The molecule has 0 aromatic carbocycles. The third-order valence-corrected chi connectivity index (χ3v) is 2.53. The number of aliphatic hydroxyl groups is 1. The largest absolute Gasteiger partial charge is 0.388 e. The first-order valence-corrected chi connectivity index (χ1v) is 5.17. The quantitative estimate of drug-likeness (QED) is 0.646. The Morgan fingerprint density at radius 1 is 1.53 bits per heavy atom. The van der Waals surface area contributed by atoms with Gasteiger partial charge < -0.3 is 15.2 Å². The van der Waals surface area contributed by atoms with Crippen LogP contribution in [-0.2, 0) is 9.53 Å². The van der Waals surface area contributed by atoms with Gasteiger partial charge in [0.05, 0.1) is 5.60 Å². The zero-order valence-corrected chi connectivity index (χ0v) is 8.79. The van der Waals surface area contributed by atoms with Gasteiger partial charge in [-0.3, -0.25) is 4.79 Å². The maximum Gasteiger partial charge on any atom is 0.221 e. The van der Waals surface area contributed by atoms with E-state index in [1.807, 2.05) is 0 Å². The second-order valence-corrected chi connectivity index (χ2v) is 3.82. The fraction of sp³-hybridized carbons (Fsp3) is 0.727. The summed E-state index contributed by atoms with van der Waals surface area (Å²) in [4.78, 5) is 11.2. The first-order chi connectivity index (χ1) is 7.16. The van der Waals surface area contributed by atoms with Crippen molar-refractivity contribution < 1.29 is 14.6 Å². The molecule has 2 N–H and O–H groups in total. The van der Waals surface area contributed by atoms with E-state index in [0.29, 0.717) is 45.4 Å². The van der Waals surface area contributed by atoms with E-state index in [0.717, 1.165) is 0 Å². The fourth-order valence-electron chi connectivity index (χ4n) is 1.47. The second-order valence-electron chi connectivity index (χ2n) is 3.82. The Morgan fingerprint density at radius 2 is 2.20 bits per heavy atom. The number of terminal acetylenes is 1. The summed E-state index contributed by atoms with van der Waals surface area (Å²) in [6, 6.07) is 0. The Kier molecular flexibility index (Phi) is 4.60. The average Bonchev–Trinajstić information content (AvgIpc) is 2.25. The van der Waals surface area contributed by atoms with Crippen LogP contribution in [0.15, 0.2) is 0 Å². The molecule has 0 atom stereocenters. The summed E-state index contributed by atoms with van der Waals surface area (Å²) in [7, 11) is 0. The standard InChI is InChI=1S/C11H17NO3/c1-2-3-4-10(13)12-9-11(14)5-7-15-8-6-11/h1,14H,3-9H2,(H,12,13). The van der Waals surface area contributed by atoms with E-state index in [9.17, 15) is 9.90 Å². The maximum absolute atomic E-state index is 11.2. The van der Waals surface area contributed by atoms with E-state index in [4.69, 9.17) is 11.2 Å². The summed E-state index contributed by atoms with van der Waals surface area (Å²) in [5, 5.41) is 12.7. The van der Waals surface area contributed by atoms with Crippen LogP contribution < -0.4 is 5.32 Å². The molecule has 0 aromatic heterocycles. The van der Waals surface area contributed by atoms with Crippen LogP contribution in [0.3, 0.4) is 0 Å². The Labute approximate surface area is 90.0 Å². The van der Waals surface area contributed by atoms with E-state index in [1.54, 1.807) is 0 Å². The number of nitrogens with one attached hydrogen (secondary N) is 1. The summed E-state index contributed by atoms with van der Waals surface area (Å²) < 4.78 is 5.14. The van der Waals surface area contributed by atoms with E-state index in [1.165, 1.54) is 0 Å². The summed E-state index contributed by atoms with van der Waals surface area (Å²) in [5.74, 6) is 2.30. The van der Waals surface area contributed by atoms with Gasteiger partial charge in [0.15, 0.2) is 0 Å². The molecule has 1 saturated heterocycles. The van der Waals surface area contributed by atoms with Crippen LogP contribution in [0.5, 0.6) is 0 Å². The molecular formula is C11H17NO3. The topological polar surface area (TPSA) is 58.6 Å². The first kappa shape index (κ1) is 12.0. The smallest absolute Gasteiger partial charge is 0.221 e. The highest BCUT2D eigenvalue weighted by Crippen LogP contribution is 2.19. The molecule has 0 aromatic rings. The molecule has 1 aliphatic rings. The summed E-state index contributed by atoms with van der Waals surface area (Å²) in [6.45, 7) is 1.40. The van der Waals surface area contributed by atoms with Crippen molar-refractivity contribution in [3.63, 3.8) is 0 Å². The summed E-state index contributed by atoms with van der Waals surface area (Å²) in [5.41, 5.74) is -0.802. The van der Waals surface area contributed by atoms with Gasteiger partial charge >= 0.3 is 0 Å². The molecule has 0 bridgehead atoms. The minimum absolute atomic E-state index is 0.104. The molecule has 0 aliphatic carbocycles. The van der Waals surface area contributed by atoms with Crippen LogP contribution in [0, 0.1) is 12.3 Å². The van der Waals surface area contributed by atoms with Crippen molar-refractivity contribution in [2.24, 2.45) is 0 Å². The highest BCUT2D eigenvalue weighted by atomic mass is 16.5. The monoisotopic (exact) mass is 211 g/mol. The lowest BCUT2D eigenvalue weighted by Crippen LogP contribution is -2.46. The molecule has 1 fully saturated rings. The van der Waals surface area contributed by atoms with Crippen LogP contribution in [-0.4, -0.2) is 36.4 Å². The van der Waals surface area contributed by atoms with Gasteiger partial charge in [0.25, 0.3) is 0 Å². The van der Waals surface area contributed by atoms with Crippen LogP contribution >= 0.6 is 0 Å². The Morgan fingerprint density at radius 3 is 2.80 bits per heavy atom. The Bertz CT molecular complexity index is 251. The van der Waals surface area contributed by atoms with Gasteiger partial charge in [-0.15, -0.1) is 12.3 Å². The molecule has 4 nitrogen and oxygen atoms in total. The predicted molar refractivity (Wildman–Crippen MR) is 56.1 cm³/mol. The van der Waals surface area contributed by atoms with Crippen LogP contribution in [0.25, 0.3) is 0 Å². The molecule has 1 heterocycles. The van der Waals surface area contributed by atoms with Crippen molar-refractivity contribution in [3.8, 4) is 12.3 Å². The van der Waals surface area contributed by atoms with Gasteiger partial charge in [-0.05, 0) is 0 Å². The summed E-state index contributed by atoms with van der Waals surface area (Å²) in [6.07, 6.45) is 6.95. The van der Waals surface area contributed by atoms with Gasteiger partial charge in [-0.1, -0.05) is 0 Å². The number of carbonyl (C=O) groups excluding carboxylic acids is 1. The molecule has 0 spiro atoms. The molecule has 1 amide bonds. The fourth-order valence-corrected chi connectivity index (χ4v) is 1.47. The molecule has 0 saturated carbocycles. The SMILES string of the molecule is C#CCCC(=O)NCC1(O)CCOCC1. The van der Waals surface area contributed by atoms with Crippen molar-refractivity contribution in [2.75, 3.05) is 19.8 Å². The minimum Gasteiger partial charge on any atom is -0.388 e. The molecule has 1 rings (SSSR count). The van der Waals surface area contributed by atoms with Gasteiger partial charge in [-0.25, -0.2) is 0 Å². The molecule has 84 valence electrons. The van der Waals surface area contributed by atoms with Crippen LogP contribution in [0.2, 0.25) is 0 Å². The normalized spacial score (nSPS) is 19.2. The van der Waals surface area contributed by atoms with E-state index in [-0.39, 0.29) is 5.91 Å². The highest BCUT2D eigenvalue weighted by molar-refractivity contribution is 5.76. The van der Waals surface area contributed by atoms with E-state index < -0.39 is 5.60 Å². The third kappa shape index (κ3) is 4.32. The molecule has 0 radical (unpaired) electrons. The predicted octanol–water partition coefficient (Wildman–Crippen LogP) is 0.0575. The number of carbonyl (C=O) groups is 1. The molecule has 0 unspecified atom stereocenters. The summed E-state index contributed by atoms with van der Waals surface area (Å²) >= 11 is 0. The van der Waals surface area contributed by atoms with Crippen LogP contribution in [0.1, 0.15) is 25.7 Å². The Balaban J connectivity index is 2.23. The number of rotatable bonds is 4. The van der Waals surface area contributed by atoms with Gasteiger partial charge in [-0.2, -0.15) is 0 Å². The highest BCUT2D eigenvalue weighted by Gasteiger charge is 2.29. The van der Waals surface area contributed by atoms with Crippen molar-refractivity contribution in [1.82, 2.24) is 5.32 Å². The van der Waals surface area contributed by atoms with Crippen molar-refractivity contribution in [1.29, 1.82) is 0 Å². The number of hydrogen-bond acceptors (Lipinski definition) is 3. The number of ether oxygens (including phenoxy) is 1. The van der Waals surface area contributed by atoms with E-state index in [2.05, 4.69) is 11.2 Å². The third-order valence-electron chi connectivity index (χ3n) is 2.53. The number of hydrogen-bond donors (Lipinski definition) is 2. The molecule has 1 aliphatic heterocycles. The van der Waals surface area contributed by atoms with Gasteiger partial charge in [0, 0.05) is 45.4 Å². The minimum atomic E-state index is -0.802. The lowest BCUT2D eigenvalue weighted by molar-refractivity contribution is -0.123. The van der Waals surface area contributed by atoms with Crippen LogP contribution in [0.4, 0.5) is 0 Å². The number of amides is 1. The maximum atomic E-state index is 11.2. The molecular weight excluding hydrogens is 194 g/mol. The van der Waals surface area contributed by atoms with Crippen molar-refractivity contribution in [2.45, 2.75) is 31.3 Å². The van der Waals surface area contributed by atoms with Gasteiger partial charge in [0.1, 0.15) is 0 Å². The second kappa shape index (κ2) is 5.74. The van der Waals surface area contributed by atoms with Crippen molar-refractivity contribution in [3.05, 3.63) is 0 Å². The van der Waals surface area contributed by atoms with E-state index >= 15 is 0 Å². The Hall–Kier alpha value is -1.05. The zero-order chi connectivity index (χ0) is 11.1. The zero-order valence-electron chi connectivity index (χ0n) is 8.79. The first-order valence-electron chi connectivity index (χ1n) is 5.17. The lowest BCUT2D eigenvalue weighted by atomic mass is 9.94. The average molecular weight is 211 g/mol. The van der Waals surface area contributed by atoms with Gasteiger partial charge in [0.2, 0.25) is 5.91 Å². The molecule has 15 heavy (non-hydrogen) atoms.